The van der Waals surface area contributed by atoms with Crippen molar-refractivity contribution < 1.29 is 4.79 Å². The third-order valence-electron chi connectivity index (χ3n) is 3.78. The topological polar surface area (TPSA) is 54.0 Å². The average molecular weight is 305 g/mol. The summed E-state index contributed by atoms with van der Waals surface area (Å²) in [6, 6.07) is 3.86. The van der Waals surface area contributed by atoms with E-state index in [2.05, 4.69) is 22.8 Å². The van der Waals surface area contributed by atoms with Crippen LogP contribution < -0.4 is 10.9 Å². The molecule has 0 spiro atoms. The van der Waals surface area contributed by atoms with E-state index in [-0.39, 0.29) is 5.91 Å². The number of hydrogen-bond donors (Lipinski definition) is 2. The van der Waals surface area contributed by atoms with Crippen LogP contribution in [0.3, 0.4) is 0 Å². The second-order valence-electron chi connectivity index (χ2n) is 5.84. The third kappa shape index (κ3) is 10.3. The first-order valence-electron chi connectivity index (χ1n) is 8.73. The van der Waals surface area contributed by atoms with E-state index in [1.807, 2.05) is 12.1 Å². The molecule has 4 nitrogen and oxygen atoms in total. The lowest BCUT2D eigenvalue weighted by Gasteiger charge is -2.07. The van der Waals surface area contributed by atoms with Crippen LogP contribution in [-0.2, 0) is 11.3 Å². The minimum atomic E-state index is 0.0806. The predicted octanol–water partition coefficient (Wildman–Crippen LogP) is 4.12. The van der Waals surface area contributed by atoms with E-state index in [9.17, 15) is 4.79 Å². The van der Waals surface area contributed by atoms with Crippen LogP contribution in [-0.4, -0.2) is 10.9 Å². The first-order chi connectivity index (χ1) is 10.8. The molecular weight excluding hydrogens is 274 g/mol. The highest BCUT2D eigenvalue weighted by Crippen LogP contribution is 2.10. The maximum absolute atomic E-state index is 11.7. The quantitative estimate of drug-likeness (QED) is 0.426. The number of carbonyl (C=O) groups is 1. The number of nitrogens with one attached hydrogen (secondary N) is 2. The summed E-state index contributed by atoms with van der Waals surface area (Å²) in [5, 5.41) is 0. The van der Waals surface area contributed by atoms with Gasteiger partial charge in [0.05, 0.1) is 0 Å². The van der Waals surface area contributed by atoms with Gasteiger partial charge in [-0.25, -0.2) is 5.43 Å². The Bertz CT molecular complexity index is 381. The van der Waals surface area contributed by atoms with Crippen molar-refractivity contribution in [3.8, 4) is 0 Å². The number of rotatable bonds is 13. The number of aromatic nitrogens is 1. The van der Waals surface area contributed by atoms with Gasteiger partial charge in [0.2, 0.25) is 5.91 Å². The smallest absolute Gasteiger partial charge is 0.234 e. The fourth-order valence-electron chi connectivity index (χ4n) is 2.40. The van der Waals surface area contributed by atoms with Crippen molar-refractivity contribution in [2.75, 3.05) is 0 Å². The lowest BCUT2D eigenvalue weighted by molar-refractivity contribution is -0.122. The molecule has 0 fully saturated rings. The molecule has 0 unspecified atom stereocenters. The van der Waals surface area contributed by atoms with E-state index in [0.29, 0.717) is 13.0 Å². The lowest BCUT2D eigenvalue weighted by atomic mass is 10.1. The third-order valence-corrected chi connectivity index (χ3v) is 3.78. The van der Waals surface area contributed by atoms with E-state index < -0.39 is 0 Å². The molecule has 1 amide bonds. The number of amides is 1. The lowest BCUT2D eigenvalue weighted by Crippen LogP contribution is -2.36. The van der Waals surface area contributed by atoms with Gasteiger partial charge in [0, 0.05) is 25.4 Å². The van der Waals surface area contributed by atoms with Gasteiger partial charge in [-0.15, -0.1) is 0 Å². The van der Waals surface area contributed by atoms with Crippen molar-refractivity contribution in [1.82, 2.24) is 15.8 Å². The summed E-state index contributed by atoms with van der Waals surface area (Å²) in [4.78, 5) is 15.6. The minimum absolute atomic E-state index is 0.0806. The number of pyridine rings is 1. The zero-order valence-corrected chi connectivity index (χ0v) is 13.9. The van der Waals surface area contributed by atoms with Gasteiger partial charge in [-0.05, 0) is 24.1 Å². The zero-order valence-electron chi connectivity index (χ0n) is 13.9. The average Bonchev–Trinajstić information content (AvgIpc) is 2.54. The molecule has 0 aliphatic rings. The van der Waals surface area contributed by atoms with Crippen LogP contribution in [0.25, 0.3) is 0 Å². The van der Waals surface area contributed by atoms with Crippen molar-refractivity contribution in [2.24, 2.45) is 0 Å². The molecular formula is C18H31N3O. The Labute approximate surface area is 135 Å². The summed E-state index contributed by atoms with van der Waals surface area (Å²) in [6.07, 6.45) is 15.6. The van der Waals surface area contributed by atoms with Crippen molar-refractivity contribution in [1.29, 1.82) is 0 Å². The Morgan fingerprint density at radius 3 is 2.18 bits per heavy atom. The normalized spacial score (nSPS) is 10.6. The van der Waals surface area contributed by atoms with Crippen molar-refractivity contribution in [3.05, 3.63) is 30.1 Å². The molecule has 0 atom stereocenters. The van der Waals surface area contributed by atoms with Gasteiger partial charge >= 0.3 is 0 Å². The summed E-state index contributed by atoms with van der Waals surface area (Å²) in [5.74, 6) is 0.0806. The van der Waals surface area contributed by atoms with Gasteiger partial charge in [-0.3, -0.25) is 15.2 Å². The molecule has 4 heteroatoms. The van der Waals surface area contributed by atoms with Crippen LogP contribution in [0, 0.1) is 0 Å². The van der Waals surface area contributed by atoms with Crippen LogP contribution >= 0.6 is 0 Å². The highest BCUT2D eigenvalue weighted by Gasteiger charge is 2.00. The fraction of sp³-hybridized carbons (Fsp3) is 0.667. The summed E-state index contributed by atoms with van der Waals surface area (Å²) in [6.45, 7) is 2.88. The van der Waals surface area contributed by atoms with Gasteiger partial charge < -0.3 is 0 Å². The van der Waals surface area contributed by atoms with Crippen molar-refractivity contribution in [3.63, 3.8) is 0 Å². The number of nitrogens with zero attached hydrogens (tertiary/aromatic N) is 1. The van der Waals surface area contributed by atoms with Crippen LogP contribution in [0.5, 0.6) is 0 Å². The van der Waals surface area contributed by atoms with Crippen LogP contribution in [0.4, 0.5) is 0 Å². The molecule has 0 radical (unpaired) electrons. The molecule has 0 saturated heterocycles. The SMILES string of the molecule is CCCCCCCCCCCC(=O)NNCc1ccncc1. The maximum Gasteiger partial charge on any atom is 0.234 e. The Hall–Kier alpha value is -1.42. The van der Waals surface area contributed by atoms with Gasteiger partial charge in [0.1, 0.15) is 0 Å². The second kappa shape index (κ2) is 13.3. The van der Waals surface area contributed by atoms with E-state index >= 15 is 0 Å². The van der Waals surface area contributed by atoms with Crippen LogP contribution in [0.15, 0.2) is 24.5 Å². The molecule has 0 aromatic carbocycles. The van der Waals surface area contributed by atoms with E-state index in [0.717, 1.165) is 18.4 Å². The summed E-state index contributed by atoms with van der Waals surface area (Å²) < 4.78 is 0. The van der Waals surface area contributed by atoms with Crippen molar-refractivity contribution in [2.45, 2.75) is 77.7 Å². The van der Waals surface area contributed by atoms with Gasteiger partial charge in [-0.2, -0.15) is 0 Å². The standard InChI is InChI=1S/C18H31N3O/c1-2-3-4-5-6-7-8-9-10-11-18(22)21-20-16-17-12-14-19-15-13-17/h12-15,20H,2-11,16H2,1H3,(H,21,22). The van der Waals surface area contributed by atoms with E-state index in [1.165, 1.54) is 44.9 Å². The summed E-state index contributed by atoms with van der Waals surface area (Å²) in [5.41, 5.74) is 6.81. The first-order valence-corrected chi connectivity index (χ1v) is 8.73. The molecule has 0 saturated carbocycles. The van der Waals surface area contributed by atoms with Crippen LogP contribution in [0.2, 0.25) is 0 Å². The number of unbranched alkanes of at least 4 members (excludes halogenated alkanes) is 8. The van der Waals surface area contributed by atoms with Gasteiger partial charge in [0.25, 0.3) is 0 Å². The van der Waals surface area contributed by atoms with E-state index in [1.54, 1.807) is 12.4 Å². The number of hydrazine groups is 1. The molecule has 0 aliphatic heterocycles. The number of hydrogen-bond acceptors (Lipinski definition) is 3. The molecule has 0 aliphatic carbocycles. The van der Waals surface area contributed by atoms with Crippen LogP contribution in [0.1, 0.15) is 76.7 Å². The largest absolute Gasteiger partial charge is 0.291 e. The Balaban J connectivity index is 1.87. The Kier molecular flexibility index (Phi) is 11.2. The number of carbonyl (C=O) groups excluding carboxylic acids is 1. The molecule has 22 heavy (non-hydrogen) atoms. The Morgan fingerprint density at radius 2 is 1.55 bits per heavy atom. The molecule has 2 N–H and O–H groups in total. The second-order valence-corrected chi connectivity index (χ2v) is 5.84. The molecule has 0 bridgehead atoms. The zero-order chi connectivity index (χ0) is 15.9. The van der Waals surface area contributed by atoms with Crippen molar-refractivity contribution >= 4 is 5.91 Å². The molecule has 1 rings (SSSR count). The molecule has 124 valence electrons. The molecule has 1 heterocycles. The highest BCUT2D eigenvalue weighted by atomic mass is 16.2. The summed E-state index contributed by atoms with van der Waals surface area (Å²) in [7, 11) is 0. The predicted molar refractivity (Wildman–Crippen MR) is 91.1 cm³/mol. The summed E-state index contributed by atoms with van der Waals surface area (Å²) >= 11 is 0. The molecule has 1 aromatic rings. The monoisotopic (exact) mass is 305 g/mol. The van der Waals surface area contributed by atoms with E-state index in [4.69, 9.17) is 0 Å². The fourth-order valence-corrected chi connectivity index (χ4v) is 2.40. The Morgan fingerprint density at radius 1 is 0.955 bits per heavy atom. The molecule has 1 aromatic heterocycles. The van der Waals surface area contributed by atoms with Gasteiger partial charge in [-0.1, -0.05) is 58.3 Å². The maximum atomic E-state index is 11.7. The minimum Gasteiger partial charge on any atom is -0.291 e. The van der Waals surface area contributed by atoms with Gasteiger partial charge in [0.15, 0.2) is 0 Å². The first kappa shape index (κ1) is 18.6. The highest BCUT2D eigenvalue weighted by molar-refractivity contribution is 5.75.